The van der Waals surface area contributed by atoms with Crippen LogP contribution in [0.25, 0.3) is 11.0 Å². The van der Waals surface area contributed by atoms with Gasteiger partial charge in [-0.05, 0) is 49.2 Å². The molecular weight excluding hydrogens is 396 g/mol. The first kappa shape index (κ1) is 21.2. The minimum absolute atomic E-state index is 0.0928. The molecule has 0 saturated heterocycles. The number of carbonyl (C=O) groups is 2. The average molecular weight is 415 g/mol. The van der Waals surface area contributed by atoms with Gasteiger partial charge in [0.1, 0.15) is 23.8 Å². The molecule has 1 heterocycles. The van der Waals surface area contributed by atoms with Crippen molar-refractivity contribution in [2.24, 2.45) is 0 Å². The van der Waals surface area contributed by atoms with Crippen LogP contribution in [0, 0.1) is 25.5 Å². The maximum Gasteiger partial charge on any atom is 0.336 e. The molecule has 0 unspecified atom stereocenters. The highest BCUT2D eigenvalue weighted by Gasteiger charge is 2.14. The summed E-state index contributed by atoms with van der Waals surface area (Å²) in [5.74, 6) is -3.16. The van der Waals surface area contributed by atoms with Gasteiger partial charge in [0.25, 0.3) is 5.91 Å². The smallest absolute Gasteiger partial charge is 0.336 e. The largest absolute Gasteiger partial charge is 0.461 e. The molecule has 0 radical (unpaired) electrons. The molecule has 0 fully saturated rings. The van der Waals surface area contributed by atoms with Crippen molar-refractivity contribution >= 4 is 22.8 Å². The highest BCUT2D eigenvalue weighted by Crippen LogP contribution is 2.22. The third-order valence-electron chi connectivity index (χ3n) is 4.62. The Morgan fingerprint density at radius 1 is 1.07 bits per heavy atom. The molecule has 0 bridgehead atoms. The Bertz CT molecular complexity index is 1190. The van der Waals surface area contributed by atoms with Crippen molar-refractivity contribution in [2.45, 2.75) is 26.9 Å². The second-order valence-electron chi connectivity index (χ2n) is 6.81. The van der Waals surface area contributed by atoms with E-state index >= 15 is 0 Å². The van der Waals surface area contributed by atoms with E-state index in [0.717, 1.165) is 23.3 Å². The molecule has 8 heteroatoms. The summed E-state index contributed by atoms with van der Waals surface area (Å²) in [6.07, 6.45) is -0.161. The number of carbonyl (C=O) groups excluding carboxylic acids is 2. The fourth-order valence-electron chi connectivity index (χ4n) is 2.88. The van der Waals surface area contributed by atoms with Crippen LogP contribution in [0.15, 0.2) is 45.6 Å². The van der Waals surface area contributed by atoms with Gasteiger partial charge in [0, 0.05) is 29.6 Å². The highest BCUT2D eigenvalue weighted by molar-refractivity contribution is 5.94. The molecule has 0 aliphatic rings. The quantitative estimate of drug-likeness (QED) is 0.492. The number of hydrogen-bond acceptors (Lipinski definition) is 5. The minimum Gasteiger partial charge on any atom is -0.461 e. The lowest BCUT2D eigenvalue weighted by atomic mass is 10.0. The molecule has 6 nitrogen and oxygen atoms in total. The van der Waals surface area contributed by atoms with E-state index in [1.54, 1.807) is 6.07 Å². The van der Waals surface area contributed by atoms with Gasteiger partial charge in [-0.1, -0.05) is 0 Å². The van der Waals surface area contributed by atoms with Gasteiger partial charge in [-0.25, -0.2) is 13.6 Å². The van der Waals surface area contributed by atoms with Crippen molar-refractivity contribution in [1.82, 2.24) is 5.32 Å². The van der Waals surface area contributed by atoms with Gasteiger partial charge in [-0.3, -0.25) is 9.59 Å². The standard InChI is InChI=1S/C22H19F2NO5/c1-12-7-17-14(9-21(27)30-19(17)8-13(12)2)11-29-20(26)5-6-25-22(28)16-4-3-15(23)10-18(16)24/h3-4,7-10H,5-6,11H2,1-2H3,(H,25,28). The van der Waals surface area contributed by atoms with Gasteiger partial charge in [0.05, 0.1) is 12.0 Å². The number of halogens is 2. The SMILES string of the molecule is Cc1cc2oc(=O)cc(COC(=O)CCNC(=O)c3ccc(F)cc3F)c2cc1C. The third-order valence-corrected chi connectivity index (χ3v) is 4.62. The van der Waals surface area contributed by atoms with Crippen LogP contribution in [-0.4, -0.2) is 18.4 Å². The predicted molar refractivity (Wildman–Crippen MR) is 105 cm³/mol. The summed E-state index contributed by atoms with van der Waals surface area (Å²) in [7, 11) is 0. The number of rotatable bonds is 6. The number of fused-ring (bicyclic) bond motifs is 1. The first-order chi connectivity index (χ1) is 14.2. The third kappa shape index (κ3) is 4.89. The van der Waals surface area contributed by atoms with Crippen LogP contribution >= 0.6 is 0 Å². The summed E-state index contributed by atoms with van der Waals surface area (Å²) >= 11 is 0. The molecule has 1 amide bonds. The van der Waals surface area contributed by atoms with Crippen LogP contribution in [0.3, 0.4) is 0 Å². The molecule has 2 aromatic carbocycles. The maximum atomic E-state index is 13.6. The van der Waals surface area contributed by atoms with Crippen molar-refractivity contribution < 1.29 is 27.5 Å². The molecule has 3 aromatic rings. The van der Waals surface area contributed by atoms with Crippen molar-refractivity contribution in [3.8, 4) is 0 Å². The van der Waals surface area contributed by atoms with Crippen molar-refractivity contribution in [2.75, 3.05) is 6.54 Å². The molecule has 0 atom stereocenters. The summed E-state index contributed by atoms with van der Waals surface area (Å²) in [5.41, 5.74) is 2.01. The van der Waals surface area contributed by atoms with E-state index in [-0.39, 0.29) is 25.1 Å². The molecule has 1 N–H and O–H groups in total. The second kappa shape index (κ2) is 8.86. The maximum absolute atomic E-state index is 13.6. The molecule has 156 valence electrons. The zero-order chi connectivity index (χ0) is 21.8. The summed E-state index contributed by atoms with van der Waals surface area (Å²) in [4.78, 5) is 35.7. The Kier molecular flexibility index (Phi) is 6.25. The van der Waals surface area contributed by atoms with Crippen LogP contribution in [0.4, 0.5) is 8.78 Å². The van der Waals surface area contributed by atoms with Gasteiger partial charge in [-0.15, -0.1) is 0 Å². The van der Waals surface area contributed by atoms with Crippen LogP contribution in [0.1, 0.15) is 33.5 Å². The Hall–Kier alpha value is -3.55. The van der Waals surface area contributed by atoms with Crippen molar-refractivity contribution in [3.63, 3.8) is 0 Å². The molecule has 0 aliphatic heterocycles. The van der Waals surface area contributed by atoms with E-state index in [1.165, 1.54) is 6.07 Å². The topological polar surface area (TPSA) is 85.6 Å². The first-order valence-electron chi connectivity index (χ1n) is 9.17. The number of hydrogen-bond donors (Lipinski definition) is 1. The Labute approximate surface area is 170 Å². The number of esters is 1. The summed E-state index contributed by atoms with van der Waals surface area (Å²) in [6, 6.07) is 7.47. The fraction of sp³-hybridized carbons (Fsp3) is 0.227. The summed E-state index contributed by atoms with van der Waals surface area (Å²) < 4.78 is 36.9. The number of nitrogens with one attached hydrogen (secondary N) is 1. The molecule has 30 heavy (non-hydrogen) atoms. The predicted octanol–water partition coefficient (Wildman–Crippen LogP) is 3.55. The summed E-state index contributed by atoms with van der Waals surface area (Å²) in [6.45, 7) is 3.59. The average Bonchev–Trinajstić information content (AvgIpc) is 2.67. The number of amides is 1. The fourth-order valence-corrected chi connectivity index (χ4v) is 2.88. The molecule has 3 rings (SSSR count). The van der Waals surface area contributed by atoms with Crippen LogP contribution in [0.2, 0.25) is 0 Å². The Balaban J connectivity index is 1.58. The van der Waals surface area contributed by atoms with Crippen LogP contribution < -0.4 is 10.9 Å². The molecule has 0 saturated carbocycles. The minimum atomic E-state index is -0.990. The lowest BCUT2D eigenvalue weighted by molar-refractivity contribution is -0.144. The van der Waals surface area contributed by atoms with Crippen molar-refractivity contribution in [3.05, 3.63) is 80.7 Å². The lowest BCUT2D eigenvalue weighted by Crippen LogP contribution is -2.27. The van der Waals surface area contributed by atoms with E-state index in [9.17, 15) is 23.2 Å². The lowest BCUT2D eigenvalue weighted by Gasteiger charge is -2.10. The molecular formula is C22H19F2NO5. The number of benzene rings is 2. The summed E-state index contributed by atoms with van der Waals surface area (Å²) in [5, 5.41) is 3.05. The zero-order valence-corrected chi connectivity index (χ0v) is 16.4. The van der Waals surface area contributed by atoms with E-state index in [2.05, 4.69) is 5.32 Å². The normalized spacial score (nSPS) is 10.8. The second-order valence-corrected chi connectivity index (χ2v) is 6.81. The number of aryl methyl sites for hydroxylation is 2. The van der Waals surface area contributed by atoms with Crippen LogP contribution in [-0.2, 0) is 16.1 Å². The molecule has 0 spiro atoms. The monoisotopic (exact) mass is 415 g/mol. The first-order valence-corrected chi connectivity index (χ1v) is 9.17. The van der Waals surface area contributed by atoms with Gasteiger partial charge in [0.2, 0.25) is 0 Å². The number of ether oxygens (including phenoxy) is 1. The van der Waals surface area contributed by atoms with Gasteiger partial charge in [0.15, 0.2) is 0 Å². The highest BCUT2D eigenvalue weighted by atomic mass is 19.1. The Morgan fingerprint density at radius 3 is 2.53 bits per heavy atom. The Morgan fingerprint density at radius 2 is 1.80 bits per heavy atom. The van der Waals surface area contributed by atoms with Gasteiger partial charge < -0.3 is 14.5 Å². The van der Waals surface area contributed by atoms with Crippen molar-refractivity contribution in [1.29, 1.82) is 0 Å². The van der Waals surface area contributed by atoms with E-state index in [1.807, 2.05) is 19.9 Å². The van der Waals surface area contributed by atoms with Gasteiger partial charge >= 0.3 is 11.6 Å². The molecule has 0 aliphatic carbocycles. The van der Waals surface area contributed by atoms with Gasteiger partial charge in [-0.2, -0.15) is 0 Å². The zero-order valence-electron chi connectivity index (χ0n) is 16.4. The van der Waals surface area contributed by atoms with Crippen LogP contribution in [0.5, 0.6) is 0 Å². The van der Waals surface area contributed by atoms with E-state index in [0.29, 0.717) is 22.6 Å². The van der Waals surface area contributed by atoms with E-state index < -0.39 is 29.1 Å². The molecule has 1 aromatic heterocycles. The van der Waals surface area contributed by atoms with E-state index in [4.69, 9.17) is 9.15 Å².